The molecule has 1 aromatic rings. The molecule has 5 nitrogen and oxygen atoms in total. The number of likely N-dealkylation sites (N-methyl/N-ethyl adjacent to an activating group) is 1. The van der Waals surface area contributed by atoms with E-state index in [0.29, 0.717) is 19.1 Å². The van der Waals surface area contributed by atoms with Crippen molar-refractivity contribution >= 4 is 23.7 Å². The van der Waals surface area contributed by atoms with E-state index in [9.17, 15) is 9.59 Å². The van der Waals surface area contributed by atoms with Gasteiger partial charge in [-0.15, -0.1) is 0 Å². The number of likely N-dealkylation sites (tertiary alicyclic amines) is 1. The van der Waals surface area contributed by atoms with E-state index in [1.165, 1.54) is 34.8 Å². The molecule has 3 aliphatic rings. The van der Waals surface area contributed by atoms with Gasteiger partial charge in [0.2, 0.25) is 0 Å². The second-order valence-electron chi connectivity index (χ2n) is 8.13. The standard InChI is InChI=1S/C22H31N3O2S/c1-2-24-20(26)22(11-14-23(15-12-22)19-9-16-28-17-10-19)25(21(24)27)13-8-18-6-4-3-5-7-18/h3-7,19H,2,8-17H2,1H3. The van der Waals surface area contributed by atoms with Crippen LogP contribution in [0.4, 0.5) is 4.79 Å². The van der Waals surface area contributed by atoms with Gasteiger partial charge in [-0.3, -0.25) is 9.69 Å². The Kier molecular flexibility index (Phi) is 5.97. The van der Waals surface area contributed by atoms with E-state index in [1.54, 1.807) is 0 Å². The monoisotopic (exact) mass is 401 g/mol. The summed E-state index contributed by atoms with van der Waals surface area (Å²) in [6, 6.07) is 10.8. The molecule has 0 aliphatic carbocycles. The molecule has 3 fully saturated rings. The predicted molar refractivity (Wildman–Crippen MR) is 114 cm³/mol. The van der Waals surface area contributed by atoms with Crippen LogP contribution in [-0.4, -0.2) is 75.9 Å². The average Bonchev–Trinajstić information content (AvgIpc) is 2.94. The van der Waals surface area contributed by atoms with Crippen molar-refractivity contribution in [3.8, 4) is 0 Å². The van der Waals surface area contributed by atoms with Crippen LogP contribution in [0.5, 0.6) is 0 Å². The summed E-state index contributed by atoms with van der Waals surface area (Å²) in [5.41, 5.74) is 0.590. The van der Waals surface area contributed by atoms with Gasteiger partial charge < -0.3 is 9.80 Å². The largest absolute Gasteiger partial charge is 0.327 e. The van der Waals surface area contributed by atoms with E-state index in [4.69, 9.17) is 0 Å². The first-order chi connectivity index (χ1) is 13.7. The molecule has 3 aliphatic heterocycles. The van der Waals surface area contributed by atoms with E-state index in [0.717, 1.165) is 32.4 Å². The van der Waals surface area contributed by atoms with Gasteiger partial charge in [-0.1, -0.05) is 30.3 Å². The number of amides is 3. The van der Waals surface area contributed by atoms with Gasteiger partial charge in [0, 0.05) is 32.2 Å². The molecule has 0 bridgehead atoms. The minimum absolute atomic E-state index is 0.0342. The first-order valence-electron chi connectivity index (χ1n) is 10.6. The topological polar surface area (TPSA) is 43.9 Å². The SMILES string of the molecule is CCN1C(=O)N(CCc2ccccc2)C2(CCN(C3CCSCC3)CC2)C1=O. The van der Waals surface area contributed by atoms with E-state index in [-0.39, 0.29) is 11.9 Å². The van der Waals surface area contributed by atoms with Crippen molar-refractivity contribution in [2.45, 2.75) is 50.6 Å². The average molecular weight is 402 g/mol. The first kappa shape index (κ1) is 19.8. The Morgan fingerprint density at radius 1 is 1.07 bits per heavy atom. The highest BCUT2D eigenvalue weighted by Crippen LogP contribution is 2.38. The molecule has 6 heteroatoms. The summed E-state index contributed by atoms with van der Waals surface area (Å²) >= 11 is 2.05. The lowest BCUT2D eigenvalue weighted by Crippen LogP contribution is -2.58. The van der Waals surface area contributed by atoms with Crippen LogP contribution in [-0.2, 0) is 11.2 Å². The van der Waals surface area contributed by atoms with Crippen LogP contribution in [0.1, 0.15) is 38.2 Å². The Hall–Kier alpha value is -1.53. The number of rotatable bonds is 5. The number of carbonyl (C=O) groups excluding carboxylic acids is 2. The third-order valence-electron chi connectivity index (χ3n) is 6.74. The van der Waals surface area contributed by atoms with Crippen molar-refractivity contribution in [1.82, 2.24) is 14.7 Å². The number of hydrogen-bond donors (Lipinski definition) is 0. The zero-order chi connectivity index (χ0) is 19.6. The van der Waals surface area contributed by atoms with Crippen molar-refractivity contribution in [1.29, 1.82) is 0 Å². The van der Waals surface area contributed by atoms with Gasteiger partial charge in [-0.25, -0.2) is 4.79 Å². The van der Waals surface area contributed by atoms with Crippen molar-refractivity contribution in [3.63, 3.8) is 0 Å². The maximum absolute atomic E-state index is 13.3. The second kappa shape index (κ2) is 8.46. The van der Waals surface area contributed by atoms with Gasteiger partial charge in [-0.2, -0.15) is 11.8 Å². The number of thioether (sulfide) groups is 1. The summed E-state index contributed by atoms with van der Waals surface area (Å²) in [5, 5.41) is 0. The van der Waals surface area contributed by atoms with Gasteiger partial charge >= 0.3 is 6.03 Å². The summed E-state index contributed by atoms with van der Waals surface area (Å²) in [6.45, 7) is 4.83. The van der Waals surface area contributed by atoms with Crippen molar-refractivity contribution in [2.75, 3.05) is 37.7 Å². The molecule has 3 heterocycles. The lowest BCUT2D eigenvalue weighted by Gasteiger charge is -2.45. The fraction of sp³-hybridized carbons (Fsp3) is 0.636. The lowest BCUT2D eigenvalue weighted by atomic mass is 9.84. The number of carbonyl (C=O) groups is 2. The molecule has 0 radical (unpaired) electrons. The Morgan fingerprint density at radius 3 is 2.39 bits per heavy atom. The Bertz CT molecular complexity index is 697. The Labute approximate surface area is 172 Å². The molecule has 152 valence electrons. The maximum atomic E-state index is 13.3. The van der Waals surface area contributed by atoms with Crippen LogP contribution < -0.4 is 0 Å². The summed E-state index contributed by atoms with van der Waals surface area (Å²) in [5.74, 6) is 2.53. The number of hydrogen-bond acceptors (Lipinski definition) is 4. The smallest absolute Gasteiger partial charge is 0.309 e. The maximum Gasteiger partial charge on any atom is 0.327 e. The molecule has 0 N–H and O–H groups in total. The number of benzene rings is 1. The molecular weight excluding hydrogens is 370 g/mol. The van der Waals surface area contributed by atoms with Gasteiger partial charge in [0.1, 0.15) is 5.54 Å². The molecular formula is C22H31N3O2S. The molecule has 3 amide bonds. The van der Waals surface area contributed by atoms with Crippen molar-refractivity contribution < 1.29 is 9.59 Å². The lowest BCUT2D eigenvalue weighted by molar-refractivity contribution is -0.135. The van der Waals surface area contributed by atoms with Crippen molar-refractivity contribution in [3.05, 3.63) is 35.9 Å². The highest BCUT2D eigenvalue weighted by atomic mass is 32.2. The number of nitrogens with zero attached hydrogens (tertiary/aromatic N) is 3. The first-order valence-corrected chi connectivity index (χ1v) is 11.8. The number of urea groups is 1. The number of imide groups is 1. The molecule has 1 spiro atoms. The second-order valence-corrected chi connectivity index (χ2v) is 9.36. The van der Waals surface area contributed by atoms with Crippen LogP contribution in [0.3, 0.4) is 0 Å². The van der Waals surface area contributed by atoms with E-state index < -0.39 is 5.54 Å². The summed E-state index contributed by atoms with van der Waals surface area (Å²) < 4.78 is 0. The fourth-order valence-electron chi connectivity index (χ4n) is 5.05. The Balaban J connectivity index is 1.49. The molecule has 28 heavy (non-hydrogen) atoms. The van der Waals surface area contributed by atoms with Crippen LogP contribution in [0, 0.1) is 0 Å². The quantitative estimate of drug-likeness (QED) is 0.711. The molecule has 0 atom stereocenters. The minimum Gasteiger partial charge on any atom is -0.309 e. The third-order valence-corrected chi connectivity index (χ3v) is 7.79. The number of piperidine rings is 1. The van der Waals surface area contributed by atoms with Crippen molar-refractivity contribution in [2.24, 2.45) is 0 Å². The molecule has 3 saturated heterocycles. The summed E-state index contributed by atoms with van der Waals surface area (Å²) in [7, 11) is 0. The van der Waals surface area contributed by atoms with Gasteiger partial charge in [0.15, 0.2) is 0 Å². The summed E-state index contributed by atoms with van der Waals surface area (Å²) in [4.78, 5) is 32.3. The zero-order valence-corrected chi connectivity index (χ0v) is 17.6. The minimum atomic E-state index is -0.623. The van der Waals surface area contributed by atoms with Crippen LogP contribution in [0.25, 0.3) is 0 Å². The normalized spacial score (nSPS) is 23.8. The molecule has 0 unspecified atom stereocenters. The van der Waals surface area contributed by atoms with Gasteiger partial charge in [-0.05, 0) is 56.1 Å². The van der Waals surface area contributed by atoms with Crippen LogP contribution in [0.15, 0.2) is 30.3 Å². The third kappa shape index (κ3) is 3.57. The molecule has 0 saturated carbocycles. The highest BCUT2D eigenvalue weighted by Gasteiger charge is 2.57. The zero-order valence-electron chi connectivity index (χ0n) is 16.8. The van der Waals surface area contributed by atoms with E-state index >= 15 is 0 Å². The van der Waals surface area contributed by atoms with E-state index in [1.807, 2.05) is 41.8 Å². The molecule has 1 aromatic carbocycles. The van der Waals surface area contributed by atoms with Crippen LogP contribution in [0.2, 0.25) is 0 Å². The molecule has 0 aromatic heterocycles. The van der Waals surface area contributed by atoms with Gasteiger partial charge in [0.05, 0.1) is 0 Å². The van der Waals surface area contributed by atoms with Crippen LogP contribution >= 0.6 is 11.8 Å². The predicted octanol–water partition coefficient (Wildman–Crippen LogP) is 3.24. The van der Waals surface area contributed by atoms with Gasteiger partial charge in [0.25, 0.3) is 5.91 Å². The highest BCUT2D eigenvalue weighted by molar-refractivity contribution is 7.99. The fourth-order valence-corrected chi connectivity index (χ4v) is 6.13. The Morgan fingerprint density at radius 2 is 1.75 bits per heavy atom. The van der Waals surface area contributed by atoms with E-state index in [2.05, 4.69) is 17.0 Å². The summed E-state index contributed by atoms with van der Waals surface area (Å²) in [6.07, 6.45) is 4.84. The molecule has 4 rings (SSSR count).